The number of nitrogens with zero attached hydrogens (tertiary/aromatic N) is 1. The van der Waals surface area contributed by atoms with E-state index in [0.717, 1.165) is 12.1 Å². The number of ether oxygens (including phenoxy) is 2. The Morgan fingerprint density at radius 3 is 2.63 bits per heavy atom. The summed E-state index contributed by atoms with van der Waals surface area (Å²) in [7, 11) is 3.07. The highest BCUT2D eigenvalue weighted by atomic mass is 32.1. The van der Waals surface area contributed by atoms with Gasteiger partial charge in [-0.15, -0.1) is 11.3 Å². The first-order valence-electron chi connectivity index (χ1n) is 7.92. The molecule has 0 aliphatic heterocycles. The van der Waals surface area contributed by atoms with Crippen molar-refractivity contribution in [2.45, 2.75) is 6.42 Å². The Morgan fingerprint density at radius 2 is 1.93 bits per heavy atom. The minimum absolute atomic E-state index is 0.0905. The Morgan fingerprint density at radius 1 is 1.11 bits per heavy atom. The maximum absolute atomic E-state index is 13.4. The van der Waals surface area contributed by atoms with Crippen LogP contribution in [0.3, 0.4) is 0 Å². The predicted molar refractivity (Wildman–Crippen MR) is 99.3 cm³/mol. The van der Waals surface area contributed by atoms with Crippen LogP contribution in [0.1, 0.15) is 5.56 Å². The highest BCUT2D eigenvalue weighted by Crippen LogP contribution is 2.27. The molecule has 2 aromatic carbocycles. The average Bonchev–Trinajstić information content (AvgIpc) is 3.12. The molecule has 0 fully saturated rings. The Bertz CT molecular complexity index is 975. The maximum Gasteiger partial charge on any atom is 0.230 e. The second kappa shape index (κ2) is 8.13. The molecular weight excluding hydrogens is 374 g/mol. The molecule has 0 saturated carbocycles. The first kappa shape index (κ1) is 18.8. The van der Waals surface area contributed by atoms with Crippen molar-refractivity contribution in [3.8, 4) is 22.8 Å². The first-order valence-corrected chi connectivity index (χ1v) is 8.80. The number of rotatable bonds is 6. The third-order valence-corrected chi connectivity index (χ3v) is 4.57. The minimum atomic E-state index is -0.947. The fraction of sp³-hybridized carbons (Fsp3) is 0.158. The molecule has 140 valence electrons. The molecule has 8 heteroatoms. The second-order valence-electron chi connectivity index (χ2n) is 5.57. The molecule has 1 N–H and O–H groups in total. The van der Waals surface area contributed by atoms with Crippen LogP contribution in [0.25, 0.3) is 11.3 Å². The Kier molecular flexibility index (Phi) is 5.66. The number of aromatic nitrogens is 1. The highest BCUT2D eigenvalue weighted by molar-refractivity contribution is 7.14. The topological polar surface area (TPSA) is 60.5 Å². The molecule has 1 heterocycles. The number of hydrogen-bond donors (Lipinski definition) is 1. The minimum Gasteiger partial charge on any atom is -0.497 e. The number of thiazole rings is 1. The molecule has 5 nitrogen and oxygen atoms in total. The SMILES string of the molecule is COc1ccc(CC(=O)Nc2nc(-c3ccc(F)c(F)c3)cs2)c(OC)c1. The average molecular weight is 390 g/mol. The van der Waals surface area contributed by atoms with E-state index in [1.165, 1.54) is 24.5 Å². The number of amides is 1. The van der Waals surface area contributed by atoms with E-state index >= 15 is 0 Å². The summed E-state index contributed by atoms with van der Waals surface area (Å²) in [5, 5.41) is 4.73. The van der Waals surface area contributed by atoms with Gasteiger partial charge in [0.25, 0.3) is 0 Å². The zero-order valence-electron chi connectivity index (χ0n) is 14.6. The van der Waals surface area contributed by atoms with Gasteiger partial charge in [0.15, 0.2) is 16.8 Å². The monoisotopic (exact) mass is 390 g/mol. The zero-order chi connectivity index (χ0) is 19.4. The van der Waals surface area contributed by atoms with E-state index in [9.17, 15) is 13.6 Å². The van der Waals surface area contributed by atoms with Gasteiger partial charge in [-0.1, -0.05) is 6.07 Å². The van der Waals surface area contributed by atoms with Crippen LogP contribution >= 0.6 is 11.3 Å². The number of hydrogen-bond acceptors (Lipinski definition) is 5. The van der Waals surface area contributed by atoms with Gasteiger partial charge in [-0.05, 0) is 24.3 Å². The normalized spacial score (nSPS) is 10.5. The molecule has 0 saturated heterocycles. The van der Waals surface area contributed by atoms with Crippen molar-refractivity contribution in [2.75, 3.05) is 19.5 Å². The second-order valence-corrected chi connectivity index (χ2v) is 6.43. The molecule has 0 bridgehead atoms. The maximum atomic E-state index is 13.4. The number of anilines is 1. The fourth-order valence-corrected chi connectivity index (χ4v) is 3.19. The highest BCUT2D eigenvalue weighted by Gasteiger charge is 2.13. The summed E-state index contributed by atoms with van der Waals surface area (Å²) in [6.45, 7) is 0. The standard InChI is InChI=1S/C19H16F2N2O3S/c1-25-13-5-3-12(17(9-13)26-2)8-18(24)23-19-22-16(10-27-19)11-4-6-14(20)15(21)7-11/h3-7,9-10H,8H2,1-2H3,(H,22,23,24). The van der Waals surface area contributed by atoms with Crippen LogP contribution < -0.4 is 14.8 Å². The van der Waals surface area contributed by atoms with Gasteiger partial charge in [-0.25, -0.2) is 13.8 Å². The molecule has 1 amide bonds. The van der Waals surface area contributed by atoms with Crippen molar-refractivity contribution < 1.29 is 23.0 Å². The molecule has 0 unspecified atom stereocenters. The largest absolute Gasteiger partial charge is 0.497 e. The van der Waals surface area contributed by atoms with E-state index < -0.39 is 11.6 Å². The van der Waals surface area contributed by atoms with Crippen molar-refractivity contribution >= 4 is 22.4 Å². The molecule has 0 radical (unpaired) electrons. The molecule has 3 aromatic rings. The summed E-state index contributed by atoms with van der Waals surface area (Å²) in [6, 6.07) is 8.74. The van der Waals surface area contributed by atoms with Gasteiger partial charge in [0.05, 0.1) is 26.3 Å². The lowest BCUT2D eigenvalue weighted by Gasteiger charge is -2.10. The van der Waals surface area contributed by atoms with Gasteiger partial charge in [0.1, 0.15) is 11.5 Å². The number of methoxy groups -OCH3 is 2. The summed E-state index contributed by atoms with van der Waals surface area (Å²) in [5.41, 5.74) is 1.59. The predicted octanol–water partition coefficient (Wildman–Crippen LogP) is 4.29. The van der Waals surface area contributed by atoms with Gasteiger partial charge in [-0.2, -0.15) is 0 Å². The van der Waals surface area contributed by atoms with Crippen molar-refractivity contribution in [1.29, 1.82) is 0 Å². The molecule has 0 spiro atoms. The Hall–Kier alpha value is -3.00. The first-order chi connectivity index (χ1) is 13.0. The van der Waals surface area contributed by atoms with Gasteiger partial charge in [-0.3, -0.25) is 4.79 Å². The molecule has 0 aliphatic rings. The zero-order valence-corrected chi connectivity index (χ0v) is 15.4. The van der Waals surface area contributed by atoms with Crippen molar-refractivity contribution in [1.82, 2.24) is 4.98 Å². The third kappa shape index (κ3) is 4.40. The lowest BCUT2D eigenvalue weighted by molar-refractivity contribution is -0.115. The Balaban J connectivity index is 1.70. The van der Waals surface area contributed by atoms with Crippen molar-refractivity contribution in [3.05, 3.63) is 59.0 Å². The summed E-state index contributed by atoms with van der Waals surface area (Å²) in [5.74, 6) is -0.962. The van der Waals surface area contributed by atoms with Gasteiger partial charge in [0.2, 0.25) is 5.91 Å². The molecular formula is C19H16F2N2O3S. The van der Waals surface area contributed by atoms with Crippen LogP contribution in [-0.4, -0.2) is 25.1 Å². The number of halogens is 2. The smallest absolute Gasteiger partial charge is 0.230 e. The van der Waals surface area contributed by atoms with Gasteiger partial charge in [0, 0.05) is 22.6 Å². The van der Waals surface area contributed by atoms with E-state index in [0.29, 0.717) is 33.5 Å². The molecule has 0 aliphatic carbocycles. The van der Waals surface area contributed by atoms with Crippen LogP contribution in [-0.2, 0) is 11.2 Å². The molecule has 3 rings (SSSR count). The lowest BCUT2D eigenvalue weighted by Crippen LogP contribution is -2.14. The third-order valence-electron chi connectivity index (χ3n) is 3.81. The quantitative estimate of drug-likeness (QED) is 0.682. The molecule has 27 heavy (non-hydrogen) atoms. The van der Waals surface area contributed by atoms with E-state index in [1.54, 1.807) is 30.7 Å². The van der Waals surface area contributed by atoms with E-state index in [4.69, 9.17) is 9.47 Å². The number of carbonyl (C=O) groups is 1. The van der Waals surface area contributed by atoms with Crippen molar-refractivity contribution in [2.24, 2.45) is 0 Å². The Labute approximate surface area is 158 Å². The van der Waals surface area contributed by atoms with E-state index in [-0.39, 0.29) is 12.3 Å². The fourth-order valence-electron chi connectivity index (χ4n) is 2.45. The summed E-state index contributed by atoms with van der Waals surface area (Å²) < 4.78 is 36.8. The van der Waals surface area contributed by atoms with Crippen LogP contribution in [0, 0.1) is 11.6 Å². The summed E-state index contributed by atoms with van der Waals surface area (Å²) in [4.78, 5) is 16.6. The van der Waals surface area contributed by atoms with Gasteiger partial charge < -0.3 is 14.8 Å². The van der Waals surface area contributed by atoms with Crippen LogP contribution in [0.4, 0.5) is 13.9 Å². The van der Waals surface area contributed by atoms with Gasteiger partial charge >= 0.3 is 0 Å². The molecule has 0 atom stereocenters. The number of nitrogens with one attached hydrogen (secondary N) is 1. The summed E-state index contributed by atoms with van der Waals surface area (Å²) in [6.07, 6.45) is 0.0905. The summed E-state index contributed by atoms with van der Waals surface area (Å²) >= 11 is 1.20. The van der Waals surface area contributed by atoms with Crippen LogP contribution in [0.5, 0.6) is 11.5 Å². The number of benzene rings is 2. The van der Waals surface area contributed by atoms with Crippen molar-refractivity contribution in [3.63, 3.8) is 0 Å². The van der Waals surface area contributed by atoms with E-state index in [1.807, 2.05) is 0 Å². The van der Waals surface area contributed by atoms with Crippen LogP contribution in [0.15, 0.2) is 41.8 Å². The molecule has 1 aromatic heterocycles. The van der Waals surface area contributed by atoms with Crippen LogP contribution in [0.2, 0.25) is 0 Å². The van der Waals surface area contributed by atoms with E-state index in [2.05, 4.69) is 10.3 Å². The lowest BCUT2D eigenvalue weighted by atomic mass is 10.1. The number of carbonyl (C=O) groups excluding carboxylic acids is 1.